The van der Waals surface area contributed by atoms with Crippen LogP contribution in [0.25, 0.3) is 0 Å². The van der Waals surface area contributed by atoms with Gasteiger partial charge in [0, 0.05) is 4.88 Å². The van der Waals surface area contributed by atoms with Gasteiger partial charge >= 0.3 is 0 Å². The van der Waals surface area contributed by atoms with Crippen LogP contribution in [-0.2, 0) is 16.8 Å². The molecule has 2 aliphatic rings. The minimum Gasteiger partial charge on any atom is -0.486 e. The van der Waals surface area contributed by atoms with Crippen LogP contribution in [-0.4, -0.2) is 19.1 Å². The van der Waals surface area contributed by atoms with Gasteiger partial charge in [0.05, 0.1) is 12.0 Å². The first kappa shape index (κ1) is 13.6. The third kappa shape index (κ3) is 2.57. The van der Waals surface area contributed by atoms with Gasteiger partial charge in [0.2, 0.25) is 5.91 Å². The van der Waals surface area contributed by atoms with E-state index in [1.54, 1.807) is 11.3 Å². The standard InChI is InChI=1S/C17H17NO3S/c19-16(11-13-2-1-9-22-13)18-17(5-6-17)12-3-4-14-15(10-12)21-8-7-20-14/h1-4,9-10H,5-8,11H2,(H,18,19). The molecule has 1 amide bonds. The molecule has 4 rings (SSSR count). The summed E-state index contributed by atoms with van der Waals surface area (Å²) in [6.07, 6.45) is 2.40. The van der Waals surface area contributed by atoms with Gasteiger partial charge < -0.3 is 14.8 Å². The zero-order chi connectivity index (χ0) is 15.0. The van der Waals surface area contributed by atoms with Crippen LogP contribution in [0, 0.1) is 0 Å². The average molecular weight is 315 g/mol. The van der Waals surface area contributed by atoms with Crippen LogP contribution in [0.2, 0.25) is 0 Å². The van der Waals surface area contributed by atoms with E-state index in [1.807, 2.05) is 35.7 Å². The molecule has 1 fully saturated rings. The molecule has 4 nitrogen and oxygen atoms in total. The van der Waals surface area contributed by atoms with Crippen molar-refractivity contribution < 1.29 is 14.3 Å². The van der Waals surface area contributed by atoms with Gasteiger partial charge in [-0.05, 0) is 42.0 Å². The number of carbonyl (C=O) groups is 1. The Morgan fingerprint density at radius 3 is 2.73 bits per heavy atom. The van der Waals surface area contributed by atoms with Gasteiger partial charge in [-0.25, -0.2) is 0 Å². The second-order valence-electron chi connectivity index (χ2n) is 5.74. The molecule has 1 aromatic heterocycles. The van der Waals surface area contributed by atoms with E-state index in [4.69, 9.17) is 9.47 Å². The van der Waals surface area contributed by atoms with Gasteiger partial charge in [0.15, 0.2) is 11.5 Å². The summed E-state index contributed by atoms with van der Waals surface area (Å²) in [5, 5.41) is 5.20. The van der Waals surface area contributed by atoms with Gasteiger partial charge in [0.1, 0.15) is 13.2 Å². The van der Waals surface area contributed by atoms with Crippen molar-refractivity contribution in [2.24, 2.45) is 0 Å². The van der Waals surface area contributed by atoms with Crippen LogP contribution in [0.4, 0.5) is 0 Å². The number of fused-ring (bicyclic) bond motifs is 1. The van der Waals surface area contributed by atoms with Gasteiger partial charge in [-0.1, -0.05) is 12.1 Å². The molecule has 1 saturated carbocycles. The monoisotopic (exact) mass is 315 g/mol. The Hall–Kier alpha value is -2.01. The number of ether oxygens (including phenoxy) is 2. The van der Waals surface area contributed by atoms with E-state index in [9.17, 15) is 4.79 Å². The molecule has 0 saturated heterocycles. The fraction of sp³-hybridized carbons (Fsp3) is 0.353. The highest BCUT2D eigenvalue weighted by Gasteiger charge is 2.46. The summed E-state index contributed by atoms with van der Waals surface area (Å²) in [6.45, 7) is 1.17. The van der Waals surface area contributed by atoms with E-state index in [0.29, 0.717) is 19.6 Å². The average Bonchev–Trinajstić information content (AvgIpc) is 3.13. The zero-order valence-electron chi connectivity index (χ0n) is 12.1. The SMILES string of the molecule is O=C(Cc1cccs1)NC1(c2ccc3c(c2)OCCO3)CC1. The molecule has 1 aliphatic heterocycles. The highest BCUT2D eigenvalue weighted by Crippen LogP contribution is 2.47. The lowest BCUT2D eigenvalue weighted by Gasteiger charge is -2.22. The van der Waals surface area contributed by atoms with Crippen molar-refractivity contribution in [3.63, 3.8) is 0 Å². The number of hydrogen-bond donors (Lipinski definition) is 1. The molecule has 1 N–H and O–H groups in total. The lowest BCUT2D eigenvalue weighted by Crippen LogP contribution is -2.35. The van der Waals surface area contributed by atoms with Crippen molar-refractivity contribution in [3.8, 4) is 11.5 Å². The smallest absolute Gasteiger partial charge is 0.225 e. The van der Waals surface area contributed by atoms with Crippen molar-refractivity contribution in [3.05, 3.63) is 46.2 Å². The number of thiophene rings is 1. The maximum absolute atomic E-state index is 12.3. The highest BCUT2D eigenvalue weighted by atomic mass is 32.1. The lowest BCUT2D eigenvalue weighted by molar-refractivity contribution is -0.121. The van der Waals surface area contributed by atoms with Crippen LogP contribution in [0.15, 0.2) is 35.7 Å². The largest absolute Gasteiger partial charge is 0.486 e. The topological polar surface area (TPSA) is 47.6 Å². The van der Waals surface area contributed by atoms with Crippen molar-refractivity contribution in [2.45, 2.75) is 24.8 Å². The summed E-state index contributed by atoms with van der Waals surface area (Å²) in [5.74, 6) is 1.65. The molecule has 0 spiro atoms. The Balaban J connectivity index is 1.50. The van der Waals surface area contributed by atoms with Crippen LogP contribution in [0.5, 0.6) is 11.5 Å². The van der Waals surface area contributed by atoms with Crippen molar-refractivity contribution in [1.29, 1.82) is 0 Å². The zero-order valence-corrected chi connectivity index (χ0v) is 12.9. The first-order chi connectivity index (χ1) is 10.8. The number of benzene rings is 1. The molecule has 114 valence electrons. The molecule has 1 aromatic carbocycles. The van der Waals surface area contributed by atoms with Gasteiger partial charge in [-0.15, -0.1) is 11.3 Å². The van der Waals surface area contributed by atoms with E-state index >= 15 is 0 Å². The number of hydrogen-bond acceptors (Lipinski definition) is 4. The van der Waals surface area contributed by atoms with E-state index in [1.165, 1.54) is 0 Å². The first-order valence-electron chi connectivity index (χ1n) is 7.49. The van der Waals surface area contributed by atoms with Gasteiger partial charge in [-0.3, -0.25) is 4.79 Å². The number of carbonyl (C=O) groups excluding carboxylic acids is 1. The van der Waals surface area contributed by atoms with Crippen molar-refractivity contribution in [1.82, 2.24) is 5.32 Å². The van der Waals surface area contributed by atoms with Crippen LogP contribution < -0.4 is 14.8 Å². The maximum Gasteiger partial charge on any atom is 0.225 e. The summed E-state index contributed by atoms with van der Waals surface area (Å²) in [5.41, 5.74) is 0.890. The quantitative estimate of drug-likeness (QED) is 0.944. The van der Waals surface area contributed by atoms with Crippen LogP contribution in [0.1, 0.15) is 23.3 Å². The third-order valence-electron chi connectivity index (χ3n) is 4.14. The molecule has 2 heterocycles. The molecule has 0 bridgehead atoms. The van der Waals surface area contributed by atoms with Gasteiger partial charge in [0.25, 0.3) is 0 Å². The number of nitrogens with one attached hydrogen (secondary N) is 1. The first-order valence-corrected chi connectivity index (χ1v) is 8.37. The van der Waals surface area contributed by atoms with E-state index in [2.05, 4.69) is 5.32 Å². The molecule has 5 heteroatoms. The Kier molecular flexibility index (Phi) is 3.30. The summed E-state index contributed by atoms with van der Waals surface area (Å²) in [6, 6.07) is 9.95. The van der Waals surface area contributed by atoms with E-state index < -0.39 is 0 Å². The third-order valence-corrected chi connectivity index (χ3v) is 5.01. The minimum atomic E-state index is -0.218. The number of amides is 1. The number of rotatable bonds is 4. The second kappa shape index (κ2) is 5.32. The van der Waals surface area contributed by atoms with E-state index in [0.717, 1.165) is 34.8 Å². The van der Waals surface area contributed by atoms with E-state index in [-0.39, 0.29) is 11.4 Å². The lowest BCUT2D eigenvalue weighted by atomic mass is 10.0. The maximum atomic E-state index is 12.3. The second-order valence-corrected chi connectivity index (χ2v) is 6.78. The van der Waals surface area contributed by atoms with Crippen molar-refractivity contribution >= 4 is 17.2 Å². The van der Waals surface area contributed by atoms with Crippen LogP contribution in [0.3, 0.4) is 0 Å². The fourth-order valence-corrected chi connectivity index (χ4v) is 3.54. The molecule has 22 heavy (non-hydrogen) atoms. The van der Waals surface area contributed by atoms with Crippen LogP contribution >= 0.6 is 11.3 Å². The Morgan fingerprint density at radius 1 is 1.18 bits per heavy atom. The minimum absolute atomic E-state index is 0.0786. The highest BCUT2D eigenvalue weighted by molar-refractivity contribution is 7.10. The summed E-state index contributed by atoms with van der Waals surface area (Å²) < 4.78 is 11.2. The molecule has 0 atom stereocenters. The normalized spacial score (nSPS) is 17.8. The molecule has 0 unspecified atom stereocenters. The Bertz CT molecular complexity index is 692. The predicted octanol–water partition coefficient (Wildman–Crippen LogP) is 2.87. The molecular formula is C17H17NO3S. The summed E-state index contributed by atoms with van der Waals surface area (Å²) in [4.78, 5) is 13.4. The molecule has 0 radical (unpaired) electrons. The Morgan fingerprint density at radius 2 is 2.00 bits per heavy atom. The van der Waals surface area contributed by atoms with Crippen molar-refractivity contribution in [2.75, 3.05) is 13.2 Å². The predicted molar refractivity (Wildman–Crippen MR) is 84.5 cm³/mol. The molecular weight excluding hydrogens is 298 g/mol. The summed E-state index contributed by atoms with van der Waals surface area (Å²) in [7, 11) is 0. The Labute approximate surface area is 133 Å². The van der Waals surface area contributed by atoms with Gasteiger partial charge in [-0.2, -0.15) is 0 Å². The summed E-state index contributed by atoms with van der Waals surface area (Å²) >= 11 is 1.61. The fourth-order valence-electron chi connectivity index (χ4n) is 2.83. The molecule has 1 aliphatic carbocycles. The molecule has 2 aromatic rings.